The van der Waals surface area contributed by atoms with Gasteiger partial charge in [-0.2, -0.15) is 0 Å². The fourth-order valence-corrected chi connectivity index (χ4v) is 1.57. The number of rotatable bonds is 4. The van der Waals surface area contributed by atoms with Crippen LogP contribution in [0.5, 0.6) is 5.75 Å². The number of carbonyl (C=O) groups is 1. The standard InChI is InChI=1S/C11H9ClN2O4/c1-6-9(14-18-13-6)5-17-10-7(11(15)16)3-2-4-8(10)12/h2-4H,5H2,1H3,(H,15,16). The molecule has 0 saturated carbocycles. The molecular formula is C11H9ClN2O4. The van der Waals surface area contributed by atoms with Crippen molar-refractivity contribution < 1.29 is 19.3 Å². The molecule has 94 valence electrons. The number of benzene rings is 1. The molecule has 0 unspecified atom stereocenters. The predicted octanol–water partition coefficient (Wildman–Crippen LogP) is 2.31. The van der Waals surface area contributed by atoms with Crippen molar-refractivity contribution >= 4 is 17.6 Å². The summed E-state index contributed by atoms with van der Waals surface area (Å²) in [6.07, 6.45) is 0. The number of carboxylic acids is 1. The van der Waals surface area contributed by atoms with Crippen molar-refractivity contribution in [1.82, 2.24) is 10.3 Å². The van der Waals surface area contributed by atoms with Crippen LogP contribution >= 0.6 is 11.6 Å². The molecule has 6 nitrogen and oxygen atoms in total. The van der Waals surface area contributed by atoms with Crippen molar-refractivity contribution in [1.29, 1.82) is 0 Å². The molecule has 1 heterocycles. The van der Waals surface area contributed by atoms with Crippen molar-refractivity contribution in [3.05, 3.63) is 40.2 Å². The van der Waals surface area contributed by atoms with E-state index in [4.69, 9.17) is 21.4 Å². The number of para-hydroxylation sites is 1. The Morgan fingerprint density at radius 3 is 2.89 bits per heavy atom. The third-order valence-corrected chi connectivity index (χ3v) is 2.59. The van der Waals surface area contributed by atoms with Crippen molar-refractivity contribution in [3.63, 3.8) is 0 Å². The number of aromatic nitrogens is 2. The predicted molar refractivity (Wildman–Crippen MR) is 61.8 cm³/mol. The zero-order valence-electron chi connectivity index (χ0n) is 9.38. The Morgan fingerprint density at radius 2 is 2.28 bits per heavy atom. The first kappa shape index (κ1) is 12.4. The summed E-state index contributed by atoms with van der Waals surface area (Å²) < 4.78 is 9.89. The molecule has 0 bridgehead atoms. The van der Waals surface area contributed by atoms with Gasteiger partial charge in [-0.3, -0.25) is 0 Å². The highest BCUT2D eigenvalue weighted by Crippen LogP contribution is 2.29. The van der Waals surface area contributed by atoms with Gasteiger partial charge in [-0.1, -0.05) is 28.0 Å². The summed E-state index contributed by atoms with van der Waals surface area (Å²) >= 11 is 5.91. The smallest absolute Gasteiger partial charge is 0.339 e. The highest BCUT2D eigenvalue weighted by Gasteiger charge is 2.16. The third kappa shape index (κ3) is 2.43. The van der Waals surface area contributed by atoms with Crippen LogP contribution in [0.25, 0.3) is 0 Å². The summed E-state index contributed by atoms with van der Waals surface area (Å²) in [7, 11) is 0. The number of carboxylic acid groups (broad SMARTS) is 1. The van der Waals surface area contributed by atoms with Gasteiger partial charge >= 0.3 is 5.97 Å². The lowest BCUT2D eigenvalue weighted by atomic mass is 10.2. The average molecular weight is 269 g/mol. The Labute approximate surface area is 107 Å². The van der Waals surface area contributed by atoms with Crippen LogP contribution in [0.1, 0.15) is 21.7 Å². The second-order valence-electron chi connectivity index (χ2n) is 3.51. The van der Waals surface area contributed by atoms with Crippen LogP contribution in [-0.2, 0) is 6.61 Å². The third-order valence-electron chi connectivity index (χ3n) is 2.30. The maximum Gasteiger partial charge on any atom is 0.339 e. The summed E-state index contributed by atoms with van der Waals surface area (Å²) in [5, 5.41) is 16.5. The molecule has 2 rings (SSSR count). The maximum absolute atomic E-state index is 11.0. The van der Waals surface area contributed by atoms with Crippen molar-refractivity contribution in [3.8, 4) is 5.75 Å². The number of aryl methyl sites for hydroxylation is 1. The van der Waals surface area contributed by atoms with E-state index in [1.165, 1.54) is 6.07 Å². The number of hydrogen-bond donors (Lipinski definition) is 1. The Bertz CT molecular complexity index is 582. The number of aromatic carboxylic acids is 1. The lowest BCUT2D eigenvalue weighted by Crippen LogP contribution is -2.04. The summed E-state index contributed by atoms with van der Waals surface area (Å²) in [6, 6.07) is 4.51. The molecule has 0 spiro atoms. The van der Waals surface area contributed by atoms with E-state index in [9.17, 15) is 4.79 Å². The Balaban J connectivity index is 2.24. The van der Waals surface area contributed by atoms with Crippen LogP contribution in [0, 0.1) is 6.92 Å². The maximum atomic E-state index is 11.0. The van der Waals surface area contributed by atoms with Gasteiger partial charge in [0.1, 0.15) is 23.6 Å². The van der Waals surface area contributed by atoms with E-state index in [1.54, 1.807) is 19.1 Å². The van der Waals surface area contributed by atoms with E-state index in [2.05, 4.69) is 14.9 Å². The topological polar surface area (TPSA) is 85.5 Å². The number of ether oxygens (including phenoxy) is 1. The first-order valence-corrected chi connectivity index (χ1v) is 5.40. The van der Waals surface area contributed by atoms with Gasteiger partial charge in [0.25, 0.3) is 0 Å². The van der Waals surface area contributed by atoms with Crippen molar-refractivity contribution in [2.45, 2.75) is 13.5 Å². The number of nitrogens with zero attached hydrogens (tertiary/aromatic N) is 2. The highest BCUT2D eigenvalue weighted by molar-refractivity contribution is 6.32. The van der Waals surface area contributed by atoms with Crippen LogP contribution in [0.2, 0.25) is 5.02 Å². The normalized spacial score (nSPS) is 10.3. The number of hydrogen-bond acceptors (Lipinski definition) is 5. The van der Waals surface area contributed by atoms with E-state index in [0.29, 0.717) is 11.4 Å². The van der Waals surface area contributed by atoms with Gasteiger partial charge in [-0.25, -0.2) is 9.42 Å². The number of halogens is 1. The van der Waals surface area contributed by atoms with Crippen LogP contribution in [0.3, 0.4) is 0 Å². The molecular weight excluding hydrogens is 260 g/mol. The monoisotopic (exact) mass is 268 g/mol. The second-order valence-corrected chi connectivity index (χ2v) is 3.91. The van der Waals surface area contributed by atoms with Gasteiger partial charge in [0.15, 0.2) is 5.75 Å². The van der Waals surface area contributed by atoms with Crippen LogP contribution in [-0.4, -0.2) is 21.4 Å². The quantitative estimate of drug-likeness (QED) is 0.916. The van der Waals surface area contributed by atoms with Gasteiger partial charge in [0, 0.05) is 0 Å². The van der Waals surface area contributed by atoms with Crippen molar-refractivity contribution in [2.24, 2.45) is 0 Å². The fraction of sp³-hybridized carbons (Fsp3) is 0.182. The SMILES string of the molecule is Cc1nonc1COc1c(Cl)cccc1C(=O)O. The first-order valence-electron chi connectivity index (χ1n) is 5.02. The summed E-state index contributed by atoms with van der Waals surface area (Å²) in [4.78, 5) is 11.0. The van der Waals surface area contributed by atoms with Crippen LogP contribution < -0.4 is 4.74 Å². The van der Waals surface area contributed by atoms with Gasteiger partial charge in [0.05, 0.1) is 5.02 Å². The Morgan fingerprint density at radius 1 is 1.50 bits per heavy atom. The second kappa shape index (κ2) is 5.05. The highest BCUT2D eigenvalue weighted by atomic mass is 35.5. The molecule has 0 saturated heterocycles. The molecule has 18 heavy (non-hydrogen) atoms. The van der Waals surface area contributed by atoms with E-state index >= 15 is 0 Å². The van der Waals surface area contributed by atoms with Gasteiger partial charge in [-0.15, -0.1) is 0 Å². The molecule has 1 N–H and O–H groups in total. The van der Waals surface area contributed by atoms with Crippen LogP contribution in [0.4, 0.5) is 0 Å². The zero-order valence-corrected chi connectivity index (χ0v) is 10.1. The summed E-state index contributed by atoms with van der Waals surface area (Å²) in [5.41, 5.74) is 1.07. The molecule has 7 heteroatoms. The molecule has 1 aromatic heterocycles. The fourth-order valence-electron chi connectivity index (χ4n) is 1.34. The molecule has 2 aromatic rings. The minimum Gasteiger partial charge on any atom is -0.485 e. The summed E-state index contributed by atoms with van der Waals surface area (Å²) in [6.45, 7) is 1.75. The van der Waals surface area contributed by atoms with E-state index in [0.717, 1.165) is 0 Å². The lowest BCUT2D eigenvalue weighted by molar-refractivity contribution is 0.0691. The largest absolute Gasteiger partial charge is 0.485 e. The summed E-state index contributed by atoms with van der Waals surface area (Å²) in [5.74, 6) is -1.00. The average Bonchev–Trinajstić information content (AvgIpc) is 2.73. The Kier molecular flexibility index (Phi) is 3.47. The molecule has 0 radical (unpaired) electrons. The minimum absolute atomic E-state index is 0.00314. The van der Waals surface area contributed by atoms with Gasteiger partial charge in [-0.05, 0) is 19.1 Å². The molecule has 0 aliphatic heterocycles. The van der Waals surface area contributed by atoms with E-state index < -0.39 is 5.97 Å². The molecule has 0 atom stereocenters. The Hall–Kier alpha value is -2.08. The van der Waals surface area contributed by atoms with Gasteiger partial charge < -0.3 is 9.84 Å². The molecule has 0 aliphatic carbocycles. The van der Waals surface area contributed by atoms with Crippen LogP contribution in [0.15, 0.2) is 22.8 Å². The van der Waals surface area contributed by atoms with Gasteiger partial charge in [0.2, 0.25) is 0 Å². The minimum atomic E-state index is -1.11. The van der Waals surface area contributed by atoms with Crippen molar-refractivity contribution in [2.75, 3.05) is 0 Å². The zero-order chi connectivity index (χ0) is 13.1. The van der Waals surface area contributed by atoms with E-state index in [1.807, 2.05) is 0 Å². The molecule has 0 fully saturated rings. The van der Waals surface area contributed by atoms with E-state index in [-0.39, 0.29) is 22.9 Å². The first-order chi connectivity index (χ1) is 8.59. The molecule has 0 aliphatic rings. The lowest BCUT2D eigenvalue weighted by Gasteiger charge is -2.09. The molecule has 0 amide bonds. The molecule has 1 aromatic carbocycles.